The van der Waals surface area contributed by atoms with Gasteiger partial charge in [0.1, 0.15) is 5.82 Å². The van der Waals surface area contributed by atoms with Gasteiger partial charge < -0.3 is 10.6 Å². The third-order valence-corrected chi connectivity index (χ3v) is 4.49. The molecule has 0 bridgehead atoms. The topological polar surface area (TPSA) is 88.0 Å². The summed E-state index contributed by atoms with van der Waals surface area (Å²) in [6.45, 7) is 7.64. The second kappa shape index (κ2) is 6.95. The van der Waals surface area contributed by atoms with Crippen LogP contribution in [0, 0.1) is 0 Å². The number of carbonyl (C=O) groups is 1. The molecule has 28 heavy (non-hydrogen) atoms. The van der Waals surface area contributed by atoms with E-state index in [0.29, 0.717) is 24.7 Å². The summed E-state index contributed by atoms with van der Waals surface area (Å²) in [5, 5.41) is 10.5. The fourth-order valence-electron chi connectivity index (χ4n) is 2.98. The van der Waals surface area contributed by atoms with Gasteiger partial charge in [-0.3, -0.25) is 9.58 Å². The fraction of sp³-hybridized carbons (Fsp3) is 0.300. The summed E-state index contributed by atoms with van der Waals surface area (Å²) in [6, 6.07) is 9.44. The van der Waals surface area contributed by atoms with Crippen molar-refractivity contribution in [3.05, 3.63) is 48.9 Å². The number of amides is 2. The second-order valence-electron chi connectivity index (χ2n) is 7.67. The van der Waals surface area contributed by atoms with Gasteiger partial charge in [-0.05, 0) is 51.1 Å². The summed E-state index contributed by atoms with van der Waals surface area (Å²) in [4.78, 5) is 22.5. The van der Waals surface area contributed by atoms with Gasteiger partial charge in [-0.1, -0.05) is 0 Å². The molecule has 0 unspecified atom stereocenters. The zero-order valence-corrected chi connectivity index (χ0v) is 16.2. The number of rotatable bonds is 4. The summed E-state index contributed by atoms with van der Waals surface area (Å²) >= 11 is 0. The zero-order valence-electron chi connectivity index (χ0n) is 16.2. The Morgan fingerprint density at radius 2 is 1.93 bits per heavy atom. The number of aromatic nitrogens is 4. The Morgan fingerprint density at radius 3 is 2.57 bits per heavy atom. The van der Waals surface area contributed by atoms with Crippen LogP contribution in [0.25, 0.3) is 11.4 Å². The Hall–Kier alpha value is -3.42. The van der Waals surface area contributed by atoms with Crippen LogP contribution in [0.1, 0.15) is 20.8 Å². The molecule has 1 aromatic carbocycles. The summed E-state index contributed by atoms with van der Waals surface area (Å²) in [7, 11) is 0. The summed E-state index contributed by atoms with van der Waals surface area (Å²) < 4.78 is 1.91. The molecule has 0 radical (unpaired) electrons. The quantitative estimate of drug-likeness (QED) is 0.728. The molecule has 0 aliphatic carbocycles. The van der Waals surface area contributed by atoms with Gasteiger partial charge in [0.15, 0.2) is 5.82 Å². The molecule has 8 heteroatoms. The third-order valence-electron chi connectivity index (χ3n) is 4.49. The van der Waals surface area contributed by atoms with Crippen LogP contribution in [-0.2, 0) is 5.54 Å². The van der Waals surface area contributed by atoms with Crippen LogP contribution in [-0.4, -0.2) is 38.9 Å². The van der Waals surface area contributed by atoms with Crippen LogP contribution in [0.4, 0.5) is 22.0 Å². The van der Waals surface area contributed by atoms with Gasteiger partial charge in [0.05, 0.1) is 17.4 Å². The molecule has 2 aromatic heterocycles. The van der Waals surface area contributed by atoms with E-state index in [1.807, 2.05) is 41.2 Å². The van der Waals surface area contributed by atoms with Crippen molar-refractivity contribution in [2.75, 3.05) is 23.3 Å². The van der Waals surface area contributed by atoms with Crippen molar-refractivity contribution in [1.82, 2.24) is 25.1 Å². The van der Waals surface area contributed by atoms with Crippen LogP contribution in [0.5, 0.6) is 0 Å². The molecule has 1 saturated heterocycles. The molecule has 0 spiro atoms. The predicted molar refractivity (Wildman–Crippen MR) is 109 cm³/mol. The number of hydrogen-bond acceptors (Lipinski definition) is 5. The molecule has 4 rings (SSSR count). The van der Waals surface area contributed by atoms with E-state index in [4.69, 9.17) is 0 Å². The van der Waals surface area contributed by atoms with E-state index < -0.39 is 0 Å². The summed E-state index contributed by atoms with van der Waals surface area (Å²) in [5.74, 6) is 1.31. The van der Waals surface area contributed by atoms with Crippen LogP contribution in [0.15, 0.2) is 48.9 Å². The molecule has 3 aromatic rings. The maximum absolute atomic E-state index is 11.8. The number of urea groups is 1. The van der Waals surface area contributed by atoms with Gasteiger partial charge in [-0.15, -0.1) is 0 Å². The van der Waals surface area contributed by atoms with Crippen molar-refractivity contribution in [3.8, 4) is 11.4 Å². The van der Waals surface area contributed by atoms with Crippen LogP contribution in [0.3, 0.4) is 0 Å². The number of hydrogen-bond donors (Lipinski definition) is 2. The smallest absolute Gasteiger partial charge is 0.321 e. The monoisotopic (exact) mass is 377 g/mol. The number of anilines is 3. The average molecular weight is 377 g/mol. The highest BCUT2D eigenvalue weighted by Crippen LogP contribution is 2.24. The first kappa shape index (κ1) is 18.0. The minimum atomic E-state index is -0.0786. The highest BCUT2D eigenvalue weighted by atomic mass is 16.2. The first-order chi connectivity index (χ1) is 13.4. The van der Waals surface area contributed by atoms with E-state index in [9.17, 15) is 4.79 Å². The molecular formula is C20H23N7O. The lowest BCUT2D eigenvalue weighted by molar-refractivity contribution is 0.252. The van der Waals surface area contributed by atoms with Gasteiger partial charge in [-0.25, -0.2) is 14.8 Å². The van der Waals surface area contributed by atoms with Crippen molar-refractivity contribution < 1.29 is 4.79 Å². The molecule has 1 aliphatic heterocycles. The SMILES string of the molecule is CC(C)(C)n1cc(Nc2ccnc(-c3ccc(N4CCNC4=O)cc3)n2)cn1. The average Bonchev–Trinajstić information content (AvgIpc) is 3.31. The summed E-state index contributed by atoms with van der Waals surface area (Å²) in [5.41, 5.74) is 2.54. The van der Waals surface area contributed by atoms with Crippen molar-refractivity contribution >= 4 is 23.2 Å². The molecule has 1 aliphatic rings. The third kappa shape index (κ3) is 3.66. The van der Waals surface area contributed by atoms with Crippen LogP contribution >= 0.6 is 0 Å². The highest BCUT2D eigenvalue weighted by molar-refractivity contribution is 5.94. The second-order valence-corrected chi connectivity index (χ2v) is 7.67. The van der Waals surface area contributed by atoms with Gasteiger partial charge >= 0.3 is 6.03 Å². The van der Waals surface area contributed by atoms with E-state index in [1.54, 1.807) is 17.3 Å². The Balaban J connectivity index is 1.52. The largest absolute Gasteiger partial charge is 0.338 e. The first-order valence-corrected chi connectivity index (χ1v) is 9.21. The van der Waals surface area contributed by atoms with Gasteiger partial charge in [-0.2, -0.15) is 5.10 Å². The van der Waals surface area contributed by atoms with Crippen molar-refractivity contribution in [1.29, 1.82) is 0 Å². The Bertz CT molecular complexity index is 988. The highest BCUT2D eigenvalue weighted by Gasteiger charge is 2.21. The standard InChI is InChI=1S/C20H23N7O/c1-20(2,3)27-13-15(12-23-27)24-17-8-9-21-18(25-17)14-4-6-16(7-5-14)26-11-10-22-19(26)28/h4-9,12-13H,10-11H2,1-3H3,(H,22,28)(H,21,24,25). The lowest BCUT2D eigenvalue weighted by Crippen LogP contribution is -2.27. The van der Waals surface area contributed by atoms with Gasteiger partial charge in [0, 0.05) is 36.7 Å². The maximum atomic E-state index is 11.8. The molecule has 8 nitrogen and oxygen atoms in total. The van der Waals surface area contributed by atoms with Crippen LogP contribution < -0.4 is 15.5 Å². The Labute approximate surface area is 163 Å². The van der Waals surface area contributed by atoms with Crippen LogP contribution in [0.2, 0.25) is 0 Å². The van der Waals surface area contributed by atoms with Crippen molar-refractivity contribution in [2.24, 2.45) is 0 Å². The van der Waals surface area contributed by atoms with Crippen molar-refractivity contribution in [3.63, 3.8) is 0 Å². The lowest BCUT2D eigenvalue weighted by Gasteiger charge is -2.18. The van der Waals surface area contributed by atoms with E-state index in [-0.39, 0.29) is 11.6 Å². The summed E-state index contributed by atoms with van der Waals surface area (Å²) in [6.07, 6.45) is 5.46. The molecule has 3 heterocycles. The molecule has 0 saturated carbocycles. The number of nitrogens with one attached hydrogen (secondary N) is 2. The molecule has 0 atom stereocenters. The molecular weight excluding hydrogens is 354 g/mol. The fourth-order valence-corrected chi connectivity index (χ4v) is 2.98. The number of benzene rings is 1. The van der Waals surface area contributed by atoms with Gasteiger partial charge in [0.2, 0.25) is 0 Å². The number of nitrogens with zero attached hydrogens (tertiary/aromatic N) is 5. The van der Waals surface area contributed by atoms with E-state index >= 15 is 0 Å². The van der Waals surface area contributed by atoms with Gasteiger partial charge in [0.25, 0.3) is 0 Å². The van der Waals surface area contributed by atoms with E-state index in [1.165, 1.54) is 0 Å². The number of carbonyl (C=O) groups excluding carboxylic acids is 1. The van der Waals surface area contributed by atoms with E-state index in [2.05, 4.69) is 46.5 Å². The minimum Gasteiger partial charge on any atom is -0.338 e. The zero-order chi connectivity index (χ0) is 19.7. The molecule has 2 amide bonds. The molecule has 144 valence electrons. The lowest BCUT2D eigenvalue weighted by atomic mass is 10.1. The van der Waals surface area contributed by atoms with Crippen molar-refractivity contribution in [2.45, 2.75) is 26.3 Å². The Morgan fingerprint density at radius 1 is 1.14 bits per heavy atom. The minimum absolute atomic E-state index is 0.0639. The predicted octanol–water partition coefficient (Wildman–Crippen LogP) is 3.37. The normalized spacial score (nSPS) is 14.2. The Kier molecular flexibility index (Phi) is 4.46. The van der Waals surface area contributed by atoms with E-state index in [0.717, 1.165) is 16.9 Å². The maximum Gasteiger partial charge on any atom is 0.321 e. The molecule has 1 fully saturated rings. The first-order valence-electron chi connectivity index (χ1n) is 9.21. The molecule has 2 N–H and O–H groups in total.